The van der Waals surface area contributed by atoms with Gasteiger partial charge >= 0.3 is 6.03 Å². The molecule has 5 heteroatoms. The van der Waals surface area contributed by atoms with Crippen LogP contribution >= 0.6 is 0 Å². The van der Waals surface area contributed by atoms with Gasteiger partial charge in [-0.05, 0) is 42.5 Å². The molecule has 26 heavy (non-hydrogen) atoms. The van der Waals surface area contributed by atoms with Gasteiger partial charge in [-0.2, -0.15) is 0 Å². The number of hydrogen-bond donors (Lipinski definition) is 2. The number of para-hydroxylation sites is 2. The lowest BCUT2D eigenvalue weighted by Gasteiger charge is -2.17. The van der Waals surface area contributed by atoms with Crippen LogP contribution < -0.4 is 15.5 Å². The Balaban J connectivity index is 1.70. The first kappa shape index (κ1) is 17.2. The van der Waals surface area contributed by atoms with Gasteiger partial charge < -0.3 is 15.5 Å². The highest BCUT2D eigenvalue weighted by Crippen LogP contribution is 2.17. The van der Waals surface area contributed by atoms with Crippen molar-refractivity contribution in [2.45, 2.75) is 0 Å². The molecule has 0 spiro atoms. The summed E-state index contributed by atoms with van der Waals surface area (Å²) >= 11 is 0. The average Bonchev–Trinajstić information content (AvgIpc) is 2.68. The molecule has 0 bridgehead atoms. The van der Waals surface area contributed by atoms with Crippen LogP contribution in [0, 0.1) is 0 Å². The van der Waals surface area contributed by atoms with Gasteiger partial charge in [0, 0.05) is 29.7 Å². The second-order valence-electron chi connectivity index (χ2n) is 5.73. The molecule has 2 N–H and O–H groups in total. The monoisotopic (exact) mass is 345 g/mol. The van der Waals surface area contributed by atoms with Crippen molar-refractivity contribution in [3.05, 3.63) is 90.5 Å². The van der Waals surface area contributed by atoms with Crippen LogP contribution in [0.15, 0.2) is 84.9 Å². The van der Waals surface area contributed by atoms with Gasteiger partial charge in [0.05, 0.1) is 0 Å². The van der Waals surface area contributed by atoms with Gasteiger partial charge in [-0.25, -0.2) is 4.79 Å². The summed E-state index contributed by atoms with van der Waals surface area (Å²) in [6.45, 7) is 0. The smallest absolute Gasteiger partial charge is 0.311 e. The van der Waals surface area contributed by atoms with Crippen LogP contribution in [0.25, 0.3) is 0 Å². The summed E-state index contributed by atoms with van der Waals surface area (Å²) < 4.78 is 0. The first-order chi connectivity index (χ1) is 12.6. The molecule has 0 aromatic heterocycles. The zero-order valence-electron chi connectivity index (χ0n) is 14.3. The minimum atomic E-state index is -0.364. The fourth-order valence-electron chi connectivity index (χ4n) is 2.51. The zero-order chi connectivity index (χ0) is 18.4. The molecule has 3 aromatic rings. The van der Waals surface area contributed by atoms with Crippen molar-refractivity contribution in [3.63, 3.8) is 0 Å². The summed E-state index contributed by atoms with van der Waals surface area (Å²) in [5.41, 5.74) is 2.54. The fraction of sp³-hybridized carbons (Fsp3) is 0.0476. The predicted octanol–water partition coefficient (Wildman–Crippen LogP) is 4.61. The van der Waals surface area contributed by atoms with E-state index in [4.69, 9.17) is 0 Å². The molecule has 130 valence electrons. The summed E-state index contributed by atoms with van der Waals surface area (Å²) in [4.78, 5) is 26.3. The number of rotatable bonds is 4. The maximum atomic E-state index is 12.7. The molecule has 0 aliphatic carbocycles. The van der Waals surface area contributed by atoms with E-state index in [2.05, 4.69) is 10.6 Å². The number of carbonyl (C=O) groups excluding carboxylic acids is 2. The van der Waals surface area contributed by atoms with Crippen molar-refractivity contribution >= 4 is 29.0 Å². The van der Waals surface area contributed by atoms with Crippen LogP contribution in [0.3, 0.4) is 0 Å². The summed E-state index contributed by atoms with van der Waals surface area (Å²) in [7, 11) is 1.72. The van der Waals surface area contributed by atoms with Crippen molar-refractivity contribution in [1.82, 2.24) is 0 Å². The molecule has 3 aromatic carbocycles. The second-order valence-corrected chi connectivity index (χ2v) is 5.73. The lowest BCUT2D eigenvalue weighted by Crippen LogP contribution is -2.26. The number of benzene rings is 3. The van der Waals surface area contributed by atoms with E-state index in [1.807, 2.05) is 48.5 Å². The number of urea groups is 1. The molecular weight excluding hydrogens is 326 g/mol. The van der Waals surface area contributed by atoms with E-state index in [0.717, 1.165) is 5.69 Å². The molecule has 3 amide bonds. The van der Waals surface area contributed by atoms with Crippen LogP contribution in [-0.2, 0) is 0 Å². The van der Waals surface area contributed by atoms with Crippen molar-refractivity contribution in [3.8, 4) is 0 Å². The van der Waals surface area contributed by atoms with Crippen LogP contribution in [0.1, 0.15) is 10.4 Å². The van der Waals surface area contributed by atoms with Gasteiger partial charge in [0.2, 0.25) is 0 Å². The third kappa shape index (κ3) is 4.27. The Hall–Kier alpha value is -3.60. The standard InChI is InChI=1S/C21H19N3O2/c1-24(19-13-6-3-7-14-19)20(25)16-9-8-12-18(15-16)23-21(26)22-17-10-4-2-5-11-17/h2-15H,1H3,(H2,22,23,26). The zero-order valence-corrected chi connectivity index (χ0v) is 14.3. The molecular formula is C21H19N3O2. The van der Waals surface area contributed by atoms with Gasteiger partial charge in [0.15, 0.2) is 0 Å². The molecule has 0 unspecified atom stereocenters. The average molecular weight is 345 g/mol. The summed E-state index contributed by atoms with van der Waals surface area (Å²) in [6, 6.07) is 25.1. The van der Waals surface area contributed by atoms with Gasteiger partial charge in [-0.3, -0.25) is 4.79 Å². The summed E-state index contributed by atoms with van der Waals surface area (Å²) in [6.07, 6.45) is 0. The SMILES string of the molecule is CN(C(=O)c1cccc(NC(=O)Nc2ccccc2)c1)c1ccccc1. The Morgan fingerprint density at radius 3 is 2.00 bits per heavy atom. The quantitative estimate of drug-likeness (QED) is 0.725. The lowest BCUT2D eigenvalue weighted by molar-refractivity contribution is 0.0993. The van der Waals surface area contributed by atoms with E-state index < -0.39 is 0 Å². The first-order valence-electron chi connectivity index (χ1n) is 8.20. The highest BCUT2D eigenvalue weighted by molar-refractivity contribution is 6.07. The van der Waals surface area contributed by atoms with E-state index in [9.17, 15) is 9.59 Å². The molecule has 0 saturated carbocycles. The van der Waals surface area contributed by atoms with Crippen molar-refractivity contribution in [1.29, 1.82) is 0 Å². The van der Waals surface area contributed by atoms with Crippen LogP contribution in [-0.4, -0.2) is 19.0 Å². The molecule has 0 atom stereocenters. The summed E-state index contributed by atoms with van der Waals surface area (Å²) in [5.74, 6) is -0.150. The lowest BCUT2D eigenvalue weighted by atomic mass is 10.1. The predicted molar refractivity (Wildman–Crippen MR) is 105 cm³/mol. The van der Waals surface area contributed by atoms with E-state index in [-0.39, 0.29) is 11.9 Å². The molecule has 0 heterocycles. The number of nitrogens with one attached hydrogen (secondary N) is 2. The summed E-state index contributed by atoms with van der Waals surface area (Å²) in [5, 5.41) is 5.49. The Bertz CT molecular complexity index is 895. The van der Waals surface area contributed by atoms with Gasteiger partial charge in [-0.1, -0.05) is 42.5 Å². The van der Waals surface area contributed by atoms with E-state index in [0.29, 0.717) is 16.9 Å². The number of hydrogen-bond acceptors (Lipinski definition) is 2. The Morgan fingerprint density at radius 1 is 0.731 bits per heavy atom. The van der Waals surface area contributed by atoms with Crippen molar-refractivity contribution < 1.29 is 9.59 Å². The van der Waals surface area contributed by atoms with E-state index in [1.54, 1.807) is 48.3 Å². The first-order valence-corrected chi connectivity index (χ1v) is 8.20. The Morgan fingerprint density at radius 2 is 1.31 bits per heavy atom. The minimum Gasteiger partial charge on any atom is -0.311 e. The van der Waals surface area contributed by atoms with Crippen LogP contribution in [0.5, 0.6) is 0 Å². The van der Waals surface area contributed by atoms with Gasteiger partial charge in [-0.15, -0.1) is 0 Å². The largest absolute Gasteiger partial charge is 0.323 e. The number of amides is 3. The highest BCUT2D eigenvalue weighted by Gasteiger charge is 2.14. The fourth-order valence-corrected chi connectivity index (χ4v) is 2.51. The number of carbonyl (C=O) groups is 2. The van der Waals surface area contributed by atoms with Gasteiger partial charge in [0.25, 0.3) is 5.91 Å². The number of nitrogens with zero attached hydrogens (tertiary/aromatic N) is 1. The molecule has 5 nitrogen and oxygen atoms in total. The normalized spacial score (nSPS) is 10.0. The molecule has 0 aliphatic heterocycles. The third-order valence-electron chi connectivity index (χ3n) is 3.85. The van der Waals surface area contributed by atoms with Crippen LogP contribution in [0.4, 0.5) is 21.9 Å². The van der Waals surface area contributed by atoms with Crippen LogP contribution in [0.2, 0.25) is 0 Å². The topological polar surface area (TPSA) is 61.4 Å². The molecule has 0 saturated heterocycles. The number of anilines is 3. The molecule has 0 fully saturated rings. The Labute approximate surface area is 152 Å². The van der Waals surface area contributed by atoms with E-state index >= 15 is 0 Å². The van der Waals surface area contributed by atoms with Crippen molar-refractivity contribution in [2.24, 2.45) is 0 Å². The van der Waals surface area contributed by atoms with Crippen molar-refractivity contribution in [2.75, 3.05) is 22.6 Å². The second kappa shape index (κ2) is 7.98. The molecule has 3 rings (SSSR count). The third-order valence-corrected chi connectivity index (χ3v) is 3.85. The molecule has 0 aliphatic rings. The van der Waals surface area contributed by atoms with E-state index in [1.165, 1.54) is 0 Å². The minimum absolute atomic E-state index is 0.150. The Kier molecular flexibility index (Phi) is 5.29. The molecule has 0 radical (unpaired) electrons. The highest BCUT2D eigenvalue weighted by atomic mass is 16.2. The maximum Gasteiger partial charge on any atom is 0.323 e. The van der Waals surface area contributed by atoms with Gasteiger partial charge in [0.1, 0.15) is 0 Å². The maximum absolute atomic E-state index is 12.7.